The zero-order valence-electron chi connectivity index (χ0n) is 14.8. The molecule has 0 aliphatic carbocycles. The Balaban J connectivity index is 2.00. The highest BCUT2D eigenvalue weighted by Crippen LogP contribution is 2.31. The summed E-state index contributed by atoms with van der Waals surface area (Å²) in [6.07, 6.45) is 1.46. The van der Waals surface area contributed by atoms with Crippen molar-refractivity contribution in [2.75, 3.05) is 21.3 Å². The van der Waals surface area contributed by atoms with Crippen LogP contribution in [0.3, 0.4) is 0 Å². The maximum absolute atomic E-state index is 12.8. The molecule has 3 rings (SSSR count). The molecule has 0 aromatic heterocycles. The Kier molecular flexibility index (Phi) is 4.98. The van der Waals surface area contributed by atoms with Gasteiger partial charge in [-0.2, -0.15) is 0 Å². The molecule has 1 N–H and O–H groups in total. The molecule has 6 nitrogen and oxygen atoms in total. The second-order valence-electron chi connectivity index (χ2n) is 6.48. The molecular weight excluding hydrogens is 372 g/mol. The predicted octanol–water partition coefficient (Wildman–Crippen LogP) is 3.03. The number of nitrogens with one attached hydrogen (secondary N) is 1. The van der Waals surface area contributed by atoms with Crippen molar-refractivity contribution in [3.63, 3.8) is 0 Å². The smallest absolute Gasteiger partial charge is 0.262 e. The standard InChI is InChI=1S/C18H22N2O4S2/c1-14-12-17(20-10-6-7-11-25(20,21)22)13-15(2)18(14)26(23,24)19-16-8-4-3-5-9-16/h3-5,8-9,12-13,19H,6-7,10-11H2,1-2H3. The third-order valence-corrected chi connectivity index (χ3v) is 7.93. The number of hydrogen-bond acceptors (Lipinski definition) is 4. The van der Waals surface area contributed by atoms with Gasteiger partial charge >= 0.3 is 0 Å². The van der Waals surface area contributed by atoms with Crippen LogP contribution in [0.15, 0.2) is 47.4 Å². The average molecular weight is 395 g/mol. The number of benzene rings is 2. The van der Waals surface area contributed by atoms with Crippen molar-refractivity contribution in [3.8, 4) is 0 Å². The first-order chi connectivity index (χ1) is 12.2. The molecule has 26 heavy (non-hydrogen) atoms. The van der Waals surface area contributed by atoms with Gasteiger partial charge in [-0.15, -0.1) is 0 Å². The molecule has 0 bridgehead atoms. The number of aryl methyl sites for hydroxylation is 2. The van der Waals surface area contributed by atoms with E-state index in [2.05, 4.69) is 4.72 Å². The molecule has 0 radical (unpaired) electrons. The van der Waals surface area contributed by atoms with Crippen molar-refractivity contribution in [2.24, 2.45) is 0 Å². The summed E-state index contributed by atoms with van der Waals surface area (Å²) in [4.78, 5) is 0.180. The van der Waals surface area contributed by atoms with Crippen molar-refractivity contribution in [1.82, 2.24) is 0 Å². The minimum atomic E-state index is -3.77. The van der Waals surface area contributed by atoms with Gasteiger partial charge < -0.3 is 0 Å². The summed E-state index contributed by atoms with van der Waals surface area (Å²) in [5, 5.41) is 0. The highest BCUT2D eigenvalue weighted by atomic mass is 32.2. The lowest BCUT2D eigenvalue weighted by atomic mass is 10.1. The molecule has 1 saturated heterocycles. The van der Waals surface area contributed by atoms with Gasteiger partial charge in [-0.1, -0.05) is 18.2 Å². The van der Waals surface area contributed by atoms with Gasteiger partial charge in [0.15, 0.2) is 0 Å². The third-order valence-electron chi connectivity index (χ3n) is 4.38. The molecule has 0 amide bonds. The van der Waals surface area contributed by atoms with Crippen LogP contribution in [-0.2, 0) is 20.0 Å². The van der Waals surface area contributed by atoms with E-state index in [0.717, 1.165) is 6.42 Å². The molecule has 2 aromatic carbocycles. The summed E-state index contributed by atoms with van der Waals surface area (Å²) in [5.41, 5.74) is 2.04. The molecule has 2 aromatic rings. The number of anilines is 2. The Morgan fingerprint density at radius 2 is 1.62 bits per heavy atom. The van der Waals surface area contributed by atoms with Crippen LogP contribution < -0.4 is 9.03 Å². The number of nitrogens with zero attached hydrogens (tertiary/aromatic N) is 1. The highest BCUT2D eigenvalue weighted by Gasteiger charge is 2.28. The Hall–Kier alpha value is -2.06. The molecule has 0 atom stereocenters. The molecule has 0 saturated carbocycles. The average Bonchev–Trinajstić information content (AvgIpc) is 2.53. The van der Waals surface area contributed by atoms with Crippen LogP contribution in [0.5, 0.6) is 0 Å². The largest absolute Gasteiger partial charge is 0.280 e. The first-order valence-electron chi connectivity index (χ1n) is 8.40. The number of hydrogen-bond donors (Lipinski definition) is 1. The van der Waals surface area contributed by atoms with Crippen LogP contribution in [0.25, 0.3) is 0 Å². The van der Waals surface area contributed by atoms with E-state index < -0.39 is 20.0 Å². The van der Waals surface area contributed by atoms with Crippen molar-refractivity contribution in [3.05, 3.63) is 53.6 Å². The van der Waals surface area contributed by atoms with Gasteiger partial charge in [-0.3, -0.25) is 9.03 Å². The van der Waals surface area contributed by atoms with Gasteiger partial charge in [-0.25, -0.2) is 16.8 Å². The first kappa shape index (κ1) is 18.7. The van der Waals surface area contributed by atoms with Crippen molar-refractivity contribution < 1.29 is 16.8 Å². The topological polar surface area (TPSA) is 83.6 Å². The Labute approximate surface area is 155 Å². The van der Waals surface area contributed by atoms with Crippen LogP contribution in [-0.4, -0.2) is 29.1 Å². The van der Waals surface area contributed by atoms with E-state index in [1.807, 2.05) is 6.07 Å². The predicted molar refractivity (Wildman–Crippen MR) is 104 cm³/mol. The zero-order chi connectivity index (χ0) is 18.9. The lowest BCUT2D eigenvalue weighted by molar-refractivity contribution is 0.574. The van der Waals surface area contributed by atoms with E-state index in [-0.39, 0.29) is 10.6 Å². The van der Waals surface area contributed by atoms with Crippen molar-refractivity contribution in [2.45, 2.75) is 31.6 Å². The fourth-order valence-electron chi connectivity index (χ4n) is 3.29. The molecule has 0 unspecified atom stereocenters. The van der Waals surface area contributed by atoms with Crippen LogP contribution in [0.1, 0.15) is 24.0 Å². The minimum Gasteiger partial charge on any atom is -0.280 e. The van der Waals surface area contributed by atoms with Crippen LogP contribution >= 0.6 is 0 Å². The van der Waals surface area contributed by atoms with Gasteiger partial charge in [0, 0.05) is 12.2 Å². The number of sulfonamides is 2. The van der Waals surface area contributed by atoms with Crippen LogP contribution in [0, 0.1) is 13.8 Å². The summed E-state index contributed by atoms with van der Waals surface area (Å²) in [6, 6.07) is 11.9. The normalized spacial score (nSPS) is 17.1. The fourth-order valence-corrected chi connectivity index (χ4v) is 6.42. The van der Waals surface area contributed by atoms with Gasteiger partial charge in [0.1, 0.15) is 0 Å². The summed E-state index contributed by atoms with van der Waals surface area (Å²) < 4.78 is 54.2. The van der Waals surface area contributed by atoms with E-state index in [9.17, 15) is 16.8 Å². The third kappa shape index (κ3) is 3.71. The maximum Gasteiger partial charge on any atom is 0.262 e. The van der Waals surface area contributed by atoms with Crippen molar-refractivity contribution in [1.29, 1.82) is 0 Å². The van der Waals surface area contributed by atoms with E-state index in [4.69, 9.17) is 0 Å². The maximum atomic E-state index is 12.8. The quantitative estimate of drug-likeness (QED) is 0.864. The van der Waals surface area contributed by atoms with E-state index >= 15 is 0 Å². The van der Waals surface area contributed by atoms with Crippen LogP contribution in [0.4, 0.5) is 11.4 Å². The monoisotopic (exact) mass is 394 g/mol. The summed E-state index contributed by atoms with van der Waals surface area (Å²) in [7, 11) is -7.11. The summed E-state index contributed by atoms with van der Waals surface area (Å²) in [6.45, 7) is 3.80. The molecule has 8 heteroatoms. The number of rotatable bonds is 4. The van der Waals surface area contributed by atoms with Gasteiger partial charge in [0.25, 0.3) is 10.0 Å². The second kappa shape index (κ2) is 6.92. The van der Waals surface area contributed by atoms with E-state index in [0.29, 0.717) is 35.5 Å². The lowest BCUT2D eigenvalue weighted by Gasteiger charge is -2.29. The lowest BCUT2D eigenvalue weighted by Crippen LogP contribution is -2.38. The number of para-hydroxylation sites is 1. The Morgan fingerprint density at radius 3 is 2.19 bits per heavy atom. The summed E-state index contributed by atoms with van der Waals surface area (Å²) in [5.74, 6) is 0.126. The fraction of sp³-hybridized carbons (Fsp3) is 0.333. The first-order valence-corrected chi connectivity index (χ1v) is 11.5. The van der Waals surface area contributed by atoms with E-state index in [1.54, 1.807) is 50.2 Å². The van der Waals surface area contributed by atoms with Gasteiger partial charge in [-0.05, 0) is 62.1 Å². The molecule has 1 aliphatic rings. The van der Waals surface area contributed by atoms with Gasteiger partial charge in [0.05, 0.1) is 16.3 Å². The van der Waals surface area contributed by atoms with E-state index in [1.165, 1.54) is 4.31 Å². The van der Waals surface area contributed by atoms with Crippen molar-refractivity contribution >= 4 is 31.4 Å². The Morgan fingerprint density at radius 1 is 1.00 bits per heavy atom. The molecular formula is C18H22N2O4S2. The molecule has 1 fully saturated rings. The zero-order valence-corrected chi connectivity index (χ0v) is 16.4. The van der Waals surface area contributed by atoms with Gasteiger partial charge in [0.2, 0.25) is 10.0 Å². The molecule has 1 aliphatic heterocycles. The molecule has 140 valence electrons. The Bertz CT molecular complexity index is 993. The summed E-state index contributed by atoms with van der Waals surface area (Å²) >= 11 is 0. The molecule has 0 spiro atoms. The minimum absolute atomic E-state index is 0.126. The SMILES string of the molecule is Cc1cc(N2CCCCS2(=O)=O)cc(C)c1S(=O)(=O)Nc1ccccc1. The molecule has 1 heterocycles. The second-order valence-corrected chi connectivity index (χ2v) is 10.1. The van der Waals surface area contributed by atoms with Crippen LogP contribution in [0.2, 0.25) is 0 Å². The highest BCUT2D eigenvalue weighted by molar-refractivity contribution is 7.93.